The highest BCUT2D eigenvalue weighted by atomic mass is 79.9. The molecule has 0 unspecified atom stereocenters. The van der Waals surface area contributed by atoms with Crippen molar-refractivity contribution in [3.63, 3.8) is 0 Å². The summed E-state index contributed by atoms with van der Waals surface area (Å²) in [5.41, 5.74) is 3.41. The second-order valence-corrected chi connectivity index (χ2v) is 5.59. The highest BCUT2D eigenvalue weighted by molar-refractivity contribution is 9.10. The van der Waals surface area contributed by atoms with Crippen molar-refractivity contribution in [2.24, 2.45) is 0 Å². The second kappa shape index (κ2) is 7.54. The molecule has 0 radical (unpaired) electrons. The summed E-state index contributed by atoms with van der Waals surface area (Å²) in [7, 11) is 0. The maximum absolute atomic E-state index is 12.7. The zero-order chi connectivity index (χ0) is 17.0. The van der Waals surface area contributed by atoms with Gasteiger partial charge in [-0.2, -0.15) is 8.78 Å². The van der Waals surface area contributed by atoms with Gasteiger partial charge in [0, 0.05) is 8.95 Å². The fourth-order valence-electron chi connectivity index (χ4n) is 1.26. The Morgan fingerprint density at radius 3 is 1.50 bits per heavy atom. The third-order valence-electron chi connectivity index (χ3n) is 2.21. The summed E-state index contributed by atoms with van der Waals surface area (Å²) in [6, 6.07) is 3.89. The van der Waals surface area contributed by atoms with Gasteiger partial charge in [-0.3, -0.25) is 10.1 Å². The predicted octanol–water partition coefficient (Wildman–Crippen LogP) is 4.95. The summed E-state index contributed by atoms with van der Waals surface area (Å²) < 4.78 is 50.7. The largest absolute Gasteiger partial charge is 0.394 e. The molecule has 0 fully saturated rings. The van der Waals surface area contributed by atoms with Crippen LogP contribution in [0.15, 0.2) is 33.2 Å². The molecule has 0 aliphatic rings. The van der Waals surface area contributed by atoms with Crippen LogP contribution in [0.1, 0.15) is 0 Å². The number of nitrogens with zero attached hydrogens (tertiary/aromatic N) is 1. The van der Waals surface area contributed by atoms with E-state index in [9.17, 15) is 27.7 Å². The number of rotatable bonds is 1. The minimum atomic E-state index is -1.19. The molecule has 22 heavy (non-hydrogen) atoms. The molecule has 118 valence electrons. The minimum Gasteiger partial charge on any atom is -0.394 e. The smallest absolute Gasteiger partial charge is 0.340 e. The summed E-state index contributed by atoms with van der Waals surface area (Å²) in [6.45, 7) is 0. The molecule has 0 heterocycles. The molecule has 0 aliphatic carbocycles. The van der Waals surface area contributed by atoms with E-state index in [4.69, 9.17) is 5.73 Å². The van der Waals surface area contributed by atoms with Gasteiger partial charge in [0.2, 0.25) is 11.6 Å². The van der Waals surface area contributed by atoms with Gasteiger partial charge in [-0.05, 0) is 24.3 Å². The van der Waals surface area contributed by atoms with E-state index in [0.29, 0.717) is 4.47 Å². The predicted molar refractivity (Wildman–Crippen MR) is 79.2 cm³/mol. The Hall–Kier alpha value is -1.68. The topological polar surface area (TPSA) is 69.2 Å². The third-order valence-corrected chi connectivity index (χ3v) is 3.12. The summed E-state index contributed by atoms with van der Waals surface area (Å²) >= 11 is 5.71. The van der Waals surface area contributed by atoms with Crippen LogP contribution < -0.4 is 5.73 Å². The van der Waals surface area contributed by atoms with Gasteiger partial charge in [0.15, 0.2) is 0 Å². The van der Waals surface area contributed by atoms with Crippen molar-refractivity contribution in [1.29, 1.82) is 0 Å². The number of nitro groups is 1. The van der Waals surface area contributed by atoms with Crippen LogP contribution in [0, 0.1) is 33.4 Å². The second-order valence-electron chi connectivity index (χ2n) is 3.76. The van der Waals surface area contributed by atoms with E-state index in [2.05, 4.69) is 31.9 Å². The lowest BCUT2D eigenvalue weighted by atomic mass is 10.3. The van der Waals surface area contributed by atoms with Crippen LogP contribution in [0.4, 0.5) is 28.9 Å². The molecule has 0 atom stereocenters. The number of anilines is 1. The van der Waals surface area contributed by atoms with Gasteiger partial charge >= 0.3 is 5.69 Å². The number of hydrogen-bond donors (Lipinski definition) is 1. The molecule has 10 heteroatoms. The van der Waals surface area contributed by atoms with Crippen molar-refractivity contribution in [3.8, 4) is 0 Å². The molecule has 0 aromatic heterocycles. The lowest BCUT2D eigenvalue weighted by Crippen LogP contribution is -1.96. The highest BCUT2D eigenvalue weighted by Crippen LogP contribution is 2.25. The number of hydrogen-bond acceptors (Lipinski definition) is 3. The van der Waals surface area contributed by atoms with Gasteiger partial charge in [0.1, 0.15) is 17.3 Å². The molecular weight excluding hydrogens is 440 g/mol. The van der Waals surface area contributed by atoms with E-state index in [1.54, 1.807) is 0 Å². The lowest BCUT2D eigenvalue weighted by Gasteiger charge is -1.97. The average molecular weight is 446 g/mol. The zero-order valence-corrected chi connectivity index (χ0v) is 13.6. The Morgan fingerprint density at radius 2 is 1.18 bits per heavy atom. The molecule has 0 saturated carbocycles. The first-order valence-electron chi connectivity index (χ1n) is 5.32. The maximum atomic E-state index is 12.7. The standard InChI is InChI=1S/C6H2BrF2NO2.C6H4BrF2N/c7-3-1-4(8)6(10(11)12)5(9)2-3;7-3-1-4(8)6(10)5(9)2-3/h1-2H;1-2H,10H2. The fourth-order valence-corrected chi connectivity index (χ4v) is 2.07. The minimum absolute atomic E-state index is 0.128. The zero-order valence-electron chi connectivity index (χ0n) is 10.4. The summed E-state index contributed by atoms with van der Waals surface area (Å²) in [6.07, 6.45) is 0. The van der Waals surface area contributed by atoms with E-state index in [-0.39, 0.29) is 4.47 Å². The number of nitrogen functional groups attached to an aromatic ring is 1. The average Bonchev–Trinajstić information content (AvgIpc) is 2.34. The van der Waals surface area contributed by atoms with Crippen molar-refractivity contribution in [2.75, 3.05) is 5.73 Å². The summed E-state index contributed by atoms with van der Waals surface area (Å²) in [5.74, 6) is -3.86. The van der Waals surface area contributed by atoms with Crippen molar-refractivity contribution in [3.05, 3.63) is 66.6 Å². The van der Waals surface area contributed by atoms with E-state index >= 15 is 0 Å². The molecule has 2 rings (SSSR count). The first-order valence-corrected chi connectivity index (χ1v) is 6.91. The van der Waals surface area contributed by atoms with E-state index < -0.39 is 39.6 Å². The van der Waals surface area contributed by atoms with Crippen molar-refractivity contribution >= 4 is 43.2 Å². The molecular formula is C12H6Br2F4N2O2. The van der Waals surface area contributed by atoms with E-state index in [0.717, 1.165) is 24.3 Å². The Bertz CT molecular complexity index is 682. The maximum Gasteiger partial charge on any atom is 0.340 e. The number of benzene rings is 2. The molecule has 4 nitrogen and oxygen atoms in total. The van der Waals surface area contributed by atoms with Crippen molar-refractivity contribution in [1.82, 2.24) is 0 Å². The molecule has 0 amide bonds. The van der Waals surface area contributed by atoms with E-state index in [1.807, 2.05) is 0 Å². The Morgan fingerprint density at radius 1 is 0.864 bits per heavy atom. The molecule has 0 aliphatic heterocycles. The SMILES string of the molecule is Nc1c(F)cc(Br)cc1F.O=[N+]([O-])c1c(F)cc(Br)cc1F. The highest BCUT2D eigenvalue weighted by Gasteiger charge is 2.20. The van der Waals surface area contributed by atoms with Crippen LogP contribution in [0.3, 0.4) is 0 Å². The molecule has 0 spiro atoms. The van der Waals surface area contributed by atoms with Gasteiger partial charge in [0.05, 0.1) is 4.92 Å². The monoisotopic (exact) mass is 444 g/mol. The third kappa shape index (κ3) is 4.67. The van der Waals surface area contributed by atoms with Crippen LogP contribution in [0.5, 0.6) is 0 Å². The molecule has 2 aromatic rings. The van der Waals surface area contributed by atoms with Gasteiger partial charge < -0.3 is 5.73 Å². The molecule has 2 N–H and O–H groups in total. The molecule has 0 saturated heterocycles. The normalized spacial score (nSPS) is 9.91. The van der Waals surface area contributed by atoms with Crippen LogP contribution in [0.25, 0.3) is 0 Å². The van der Waals surface area contributed by atoms with Crippen LogP contribution >= 0.6 is 31.9 Å². The van der Waals surface area contributed by atoms with Crippen molar-refractivity contribution in [2.45, 2.75) is 0 Å². The van der Waals surface area contributed by atoms with Gasteiger partial charge in [0.25, 0.3) is 0 Å². The quantitative estimate of drug-likeness (QED) is 0.292. The first kappa shape index (κ1) is 18.4. The van der Waals surface area contributed by atoms with Crippen molar-refractivity contribution < 1.29 is 22.5 Å². The van der Waals surface area contributed by atoms with Crippen LogP contribution in [-0.4, -0.2) is 4.92 Å². The Labute approximate surface area is 138 Å². The lowest BCUT2D eigenvalue weighted by molar-refractivity contribution is -0.390. The first-order chi connectivity index (χ1) is 10.1. The molecule has 0 bridgehead atoms. The number of nitrogens with two attached hydrogens (primary N) is 1. The number of halogens is 6. The van der Waals surface area contributed by atoms with Crippen LogP contribution in [0.2, 0.25) is 0 Å². The van der Waals surface area contributed by atoms with Gasteiger partial charge in [-0.15, -0.1) is 0 Å². The van der Waals surface area contributed by atoms with Gasteiger partial charge in [-0.25, -0.2) is 8.78 Å². The number of nitro benzene ring substituents is 1. The van der Waals surface area contributed by atoms with Crippen LogP contribution in [-0.2, 0) is 0 Å². The molecule has 2 aromatic carbocycles. The Balaban J connectivity index is 0.000000224. The van der Waals surface area contributed by atoms with E-state index in [1.165, 1.54) is 0 Å². The Kier molecular flexibility index (Phi) is 6.30. The summed E-state index contributed by atoms with van der Waals surface area (Å²) in [5, 5.41) is 10.1. The van der Waals surface area contributed by atoms with Gasteiger partial charge in [-0.1, -0.05) is 31.9 Å². The fraction of sp³-hybridized carbons (Fsp3) is 0. The summed E-state index contributed by atoms with van der Waals surface area (Å²) in [4.78, 5) is 8.96.